The van der Waals surface area contributed by atoms with Gasteiger partial charge in [-0.2, -0.15) is 0 Å². The van der Waals surface area contributed by atoms with Gasteiger partial charge in [-0.15, -0.1) is 0 Å². The lowest BCUT2D eigenvalue weighted by Gasteiger charge is -2.41. The average Bonchev–Trinajstić information content (AvgIpc) is 2.82. The lowest BCUT2D eigenvalue weighted by atomic mass is 9.92. The van der Waals surface area contributed by atoms with Gasteiger partial charge in [0, 0.05) is 30.6 Å². The fourth-order valence-corrected chi connectivity index (χ4v) is 4.96. The third kappa shape index (κ3) is 6.14. The Morgan fingerprint density at radius 3 is 2.29 bits per heavy atom. The predicted octanol–water partition coefficient (Wildman–Crippen LogP) is 3.86. The molecular weight excluding hydrogens is 389 g/mol. The lowest BCUT2D eigenvalue weighted by molar-refractivity contribution is -0.126. The minimum absolute atomic E-state index is 0.103. The van der Waals surface area contributed by atoms with Crippen LogP contribution in [0.25, 0.3) is 0 Å². The van der Waals surface area contributed by atoms with Crippen LogP contribution in [0.4, 0.5) is 4.39 Å². The minimum Gasteiger partial charge on any atom is -0.356 e. The van der Waals surface area contributed by atoms with Crippen molar-refractivity contribution in [1.82, 2.24) is 15.1 Å². The zero-order valence-corrected chi connectivity index (χ0v) is 18.3. The molecule has 4 rings (SSSR count). The Bertz CT molecular complexity index is 828. The van der Waals surface area contributed by atoms with Crippen molar-refractivity contribution < 1.29 is 9.18 Å². The number of benzene rings is 2. The molecule has 2 aliphatic heterocycles. The van der Waals surface area contributed by atoms with E-state index in [2.05, 4.69) is 27.2 Å². The Balaban J connectivity index is 1.15. The van der Waals surface area contributed by atoms with E-state index in [9.17, 15) is 9.18 Å². The molecule has 0 aliphatic carbocycles. The van der Waals surface area contributed by atoms with E-state index in [4.69, 9.17) is 0 Å². The molecule has 0 spiro atoms. The van der Waals surface area contributed by atoms with Gasteiger partial charge in [0.1, 0.15) is 5.82 Å². The first kappa shape index (κ1) is 22.0. The van der Waals surface area contributed by atoms with Crippen molar-refractivity contribution >= 4 is 5.91 Å². The zero-order valence-electron chi connectivity index (χ0n) is 18.3. The third-order valence-corrected chi connectivity index (χ3v) is 6.88. The highest BCUT2D eigenvalue weighted by molar-refractivity contribution is 5.78. The summed E-state index contributed by atoms with van der Waals surface area (Å²) in [6.07, 6.45) is 5.04. The van der Waals surface area contributed by atoms with Crippen LogP contribution in [0.15, 0.2) is 54.6 Å². The second-order valence-corrected chi connectivity index (χ2v) is 8.94. The summed E-state index contributed by atoms with van der Waals surface area (Å²) >= 11 is 0. The zero-order chi connectivity index (χ0) is 21.5. The second kappa shape index (κ2) is 10.9. The van der Waals surface area contributed by atoms with Crippen molar-refractivity contribution in [3.8, 4) is 0 Å². The summed E-state index contributed by atoms with van der Waals surface area (Å²) < 4.78 is 13.9. The van der Waals surface area contributed by atoms with Crippen molar-refractivity contribution in [2.75, 3.05) is 32.7 Å². The highest BCUT2D eigenvalue weighted by atomic mass is 19.1. The van der Waals surface area contributed by atoms with Gasteiger partial charge in [0.05, 0.1) is 0 Å². The molecule has 0 aromatic heterocycles. The number of hydrogen-bond acceptors (Lipinski definition) is 3. The van der Waals surface area contributed by atoms with Crippen LogP contribution >= 0.6 is 0 Å². The summed E-state index contributed by atoms with van der Waals surface area (Å²) in [6, 6.07) is 18.0. The Kier molecular flexibility index (Phi) is 7.71. The van der Waals surface area contributed by atoms with Crippen LogP contribution in [0.2, 0.25) is 0 Å². The number of nitrogens with one attached hydrogen (secondary N) is 1. The number of amides is 1. The van der Waals surface area contributed by atoms with Gasteiger partial charge in [-0.25, -0.2) is 4.39 Å². The summed E-state index contributed by atoms with van der Waals surface area (Å²) in [5, 5.41) is 3.13. The molecule has 1 N–H and O–H groups in total. The SMILES string of the molecule is O=C(NCCc1ccccc1)C1CCN(C2CCN(Cc3ccccc3F)CC2)CC1. The third-order valence-electron chi connectivity index (χ3n) is 6.88. The fourth-order valence-electron chi connectivity index (χ4n) is 4.96. The maximum absolute atomic E-state index is 13.9. The van der Waals surface area contributed by atoms with Gasteiger partial charge in [-0.1, -0.05) is 48.5 Å². The maximum atomic E-state index is 13.9. The fraction of sp³-hybridized carbons (Fsp3) is 0.500. The molecular formula is C26H34FN3O. The van der Waals surface area contributed by atoms with Crippen molar-refractivity contribution in [2.45, 2.75) is 44.7 Å². The molecule has 0 saturated carbocycles. The quantitative estimate of drug-likeness (QED) is 0.735. The molecule has 2 aromatic rings. The van der Waals surface area contributed by atoms with E-state index in [0.717, 1.165) is 63.8 Å². The molecule has 166 valence electrons. The van der Waals surface area contributed by atoms with Gasteiger partial charge in [0.2, 0.25) is 5.91 Å². The van der Waals surface area contributed by atoms with Crippen molar-refractivity contribution in [1.29, 1.82) is 0 Å². The number of hydrogen-bond donors (Lipinski definition) is 1. The monoisotopic (exact) mass is 423 g/mol. The molecule has 2 heterocycles. The first-order valence-corrected chi connectivity index (χ1v) is 11.7. The Labute approximate surface area is 185 Å². The van der Waals surface area contributed by atoms with E-state index < -0.39 is 0 Å². The maximum Gasteiger partial charge on any atom is 0.223 e. The number of carbonyl (C=O) groups excluding carboxylic acids is 1. The number of nitrogens with zero attached hydrogens (tertiary/aromatic N) is 2. The molecule has 0 atom stereocenters. The highest BCUT2D eigenvalue weighted by Gasteiger charge is 2.30. The predicted molar refractivity (Wildman–Crippen MR) is 122 cm³/mol. The standard InChI is InChI=1S/C26H34FN3O/c27-25-9-5-4-8-23(25)20-29-16-13-24(14-17-29)30-18-11-22(12-19-30)26(31)28-15-10-21-6-2-1-3-7-21/h1-9,22,24H,10-20H2,(H,28,31). The topological polar surface area (TPSA) is 35.6 Å². The first-order valence-electron chi connectivity index (χ1n) is 11.7. The number of carbonyl (C=O) groups is 1. The lowest BCUT2D eigenvalue weighted by Crippen LogP contribution is -2.49. The highest BCUT2D eigenvalue weighted by Crippen LogP contribution is 2.25. The normalized spacial score (nSPS) is 19.4. The summed E-state index contributed by atoms with van der Waals surface area (Å²) in [5.74, 6) is 0.261. The molecule has 0 unspecified atom stereocenters. The second-order valence-electron chi connectivity index (χ2n) is 8.94. The van der Waals surface area contributed by atoms with E-state index in [1.165, 1.54) is 5.56 Å². The summed E-state index contributed by atoms with van der Waals surface area (Å²) in [5.41, 5.74) is 2.05. The number of rotatable bonds is 7. The van der Waals surface area contributed by atoms with Gasteiger partial charge in [0.15, 0.2) is 0 Å². The largest absolute Gasteiger partial charge is 0.356 e. The Hall–Kier alpha value is -2.24. The molecule has 2 aromatic carbocycles. The molecule has 4 nitrogen and oxygen atoms in total. The van der Waals surface area contributed by atoms with E-state index in [0.29, 0.717) is 19.1 Å². The van der Waals surface area contributed by atoms with Crippen molar-refractivity contribution in [2.24, 2.45) is 5.92 Å². The Morgan fingerprint density at radius 1 is 0.903 bits per heavy atom. The summed E-state index contributed by atoms with van der Waals surface area (Å²) in [7, 11) is 0. The first-order chi connectivity index (χ1) is 15.2. The molecule has 1 amide bonds. The number of piperidine rings is 2. The van der Waals surface area contributed by atoms with Gasteiger partial charge in [0.25, 0.3) is 0 Å². The minimum atomic E-state index is -0.103. The van der Waals surface area contributed by atoms with Gasteiger partial charge in [-0.3, -0.25) is 9.69 Å². The van der Waals surface area contributed by atoms with E-state index >= 15 is 0 Å². The van der Waals surface area contributed by atoms with Crippen LogP contribution in [-0.4, -0.2) is 54.5 Å². The van der Waals surface area contributed by atoms with Crippen LogP contribution in [0, 0.1) is 11.7 Å². The van der Waals surface area contributed by atoms with E-state index in [1.807, 2.05) is 30.3 Å². The smallest absolute Gasteiger partial charge is 0.223 e. The number of halogens is 1. The van der Waals surface area contributed by atoms with Gasteiger partial charge in [-0.05, 0) is 69.9 Å². The summed E-state index contributed by atoms with van der Waals surface area (Å²) in [6.45, 7) is 5.45. The van der Waals surface area contributed by atoms with Gasteiger partial charge >= 0.3 is 0 Å². The van der Waals surface area contributed by atoms with Crippen LogP contribution in [0.1, 0.15) is 36.8 Å². The molecule has 2 aliphatic rings. The van der Waals surface area contributed by atoms with Gasteiger partial charge < -0.3 is 10.2 Å². The molecule has 5 heteroatoms. The molecule has 2 fully saturated rings. The van der Waals surface area contributed by atoms with E-state index in [1.54, 1.807) is 12.1 Å². The molecule has 2 saturated heterocycles. The Morgan fingerprint density at radius 2 is 1.58 bits per heavy atom. The van der Waals surface area contributed by atoms with E-state index in [-0.39, 0.29) is 17.6 Å². The summed E-state index contributed by atoms with van der Waals surface area (Å²) in [4.78, 5) is 17.5. The van der Waals surface area contributed by atoms with Crippen LogP contribution < -0.4 is 5.32 Å². The van der Waals surface area contributed by atoms with Crippen LogP contribution in [0.5, 0.6) is 0 Å². The molecule has 0 radical (unpaired) electrons. The van der Waals surface area contributed by atoms with Crippen LogP contribution in [0.3, 0.4) is 0 Å². The number of likely N-dealkylation sites (tertiary alicyclic amines) is 2. The average molecular weight is 424 g/mol. The molecule has 31 heavy (non-hydrogen) atoms. The molecule has 0 bridgehead atoms. The van der Waals surface area contributed by atoms with Crippen LogP contribution in [-0.2, 0) is 17.8 Å². The van der Waals surface area contributed by atoms with Crippen molar-refractivity contribution in [3.63, 3.8) is 0 Å². The van der Waals surface area contributed by atoms with Crippen molar-refractivity contribution in [3.05, 3.63) is 71.5 Å².